The number of carbonyl (C=O) groups excluding carboxylic acids is 2. The third-order valence-corrected chi connectivity index (χ3v) is 6.11. The van der Waals surface area contributed by atoms with Gasteiger partial charge in [0.1, 0.15) is 0 Å². The Morgan fingerprint density at radius 2 is 1.93 bits per heavy atom. The van der Waals surface area contributed by atoms with Crippen molar-refractivity contribution >= 4 is 34.3 Å². The molecule has 1 N–H and O–H groups in total. The molecule has 4 nitrogen and oxygen atoms in total. The Hall–Kier alpha value is -1.63. The van der Waals surface area contributed by atoms with Crippen molar-refractivity contribution < 1.29 is 14.3 Å². The highest BCUT2D eigenvalue weighted by atomic mass is 127. The fraction of sp³-hybridized carbons (Fsp3) is 0.478. The average Bonchev–Trinajstić information content (AvgIpc) is 2.60. The Morgan fingerprint density at radius 1 is 1.25 bits per heavy atom. The number of dihydropyridines is 1. The minimum Gasteiger partial charge on any atom is -0.462 e. The zero-order chi connectivity index (χ0) is 20.5. The van der Waals surface area contributed by atoms with Crippen LogP contribution in [-0.4, -0.2) is 18.4 Å². The van der Waals surface area contributed by atoms with Gasteiger partial charge in [0.25, 0.3) is 0 Å². The molecule has 28 heavy (non-hydrogen) atoms. The maximum absolute atomic E-state index is 13.2. The van der Waals surface area contributed by atoms with Crippen LogP contribution in [0.15, 0.2) is 46.8 Å². The summed E-state index contributed by atoms with van der Waals surface area (Å²) in [5, 5.41) is 3.37. The number of halogens is 1. The summed E-state index contributed by atoms with van der Waals surface area (Å²) >= 11 is 2.26. The Kier molecular flexibility index (Phi) is 6.32. The molecule has 0 amide bonds. The normalized spacial score (nSPS) is 21.3. The van der Waals surface area contributed by atoms with E-state index in [0.29, 0.717) is 18.6 Å². The van der Waals surface area contributed by atoms with Crippen LogP contribution >= 0.6 is 22.6 Å². The van der Waals surface area contributed by atoms with Gasteiger partial charge in [-0.25, -0.2) is 4.79 Å². The van der Waals surface area contributed by atoms with E-state index >= 15 is 0 Å². The molecule has 2 aliphatic rings. The Labute approximate surface area is 180 Å². The van der Waals surface area contributed by atoms with Crippen molar-refractivity contribution in [3.8, 4) is 0 Å². The van der Waals surface area contributed by atoms with Gasteiger partial charge in [0.05, 0.1) is 12.2 Å². The van der Waals surface area contributed by atoms with E-state index in [1.807, 2.05) is 31.2 Å². The second-order valence-corrected chi connectivity index (χ2v) is 9.72. The molecule has 0 radical (unpaired) electrons. The van der Waals surface area contributed by atoms with Crippen LogP contribution in [0.5, 0.6) is 0 Å². The number of nitrogens with one attached hydrogen (secondary N) is 1. The molecule has 1 aliphatic carbocycles. The summed E-state index contributed by atoms with van der Waals surface area (Å²) in [5.41, 5.74) is 3.91. The lowest BCUT2D eigenvalue weighted by atomic mass is 9.68. The predicted octanol–water partition coefficient (Wildman–Crippen LogP) is 5.24. The van der Waals surface area contributed by atoms with Gasteiger partial charge in [0, 0.05) is 32.9 Å². The molecule has 0 saturated carbocycles. The number of unbranched alkanes of at least 4 members (excludes halogenated alkanes) is 1. The predicted molar refractivity (Wildman–Crippen MR) is 119 cm³/mol. The topological polar surface area (TPSA) is 55.4 Å². The molecule has 0 unspecified atom stereocenters. The Morgan fingerprint density at radius 3 is 2.57 bits per heavy atom. The molecule has 5 heteroatoms. The standard InChI is InChI=1S/C23H28INO3/c1-5-6-11-28-22(27)19-14(2)25-17-12-23(3,4)13-18(26)21(17)20(19)15-7-9-16(24)10-8-15/h7-10,20,25H,5-6,11-13H2,1-4H3/t20-/m0/s1. The molecule has 0 aromatic heterocycles. The van der Waals surface area contributed by atoms with E-state index in [-0.39, 0.29) is 23.1 Å². The van der Waals surface area contributed by atoms with E-state index in [9.17, 15) is 9.59 Å². The molecule has 1 heterocycles. The van der Waals surface area contributed by atoms with Crippen molar-refractivity contribution in [3.05, 3.63) is 55.9 Å². The van der Waals surface area contributed by atoms with Crippen molar-refractivity contribution in [1.82, 2.24) is 5.32 Å². The first-order valence-electron chi connectivity index (χ1n) is 9.90. The fourth-order valence-corrected chi connectivity index (χ4v) is 4.44. The van der Waals surface area contributed by atoms with Crippen molar-refractivity contribution in [2.45, 2.75) is 59.3 Å². The van der Waals surface area contributed by atoms with Crippen LogP contribution in [0.4, 0.5) is 0 Å². The number of benzene rings is 1. The van der Waals surface area contributed by atoms with Gasteiger partial charge in [-0.05, 0) is 65.5 Å². The van der Waals surface area contributed by atoms with Gasteiger partial charge in [-0.2, -0.15) is 0 Å². The molecular formula is C23H28INO3. The van der Waals surface area contributed by atoms with Gasteiger partial charge < -0.3 is 10.1 Å². The minimum absolute atomic E-state index is 0.0844. The zero-order valence-corrected chi connectivity index (χ0v) is 19.2. The summed E-state index contributed by atoms with van der Waals surface area (Å²) in [6.45, 7) is 8.60. The highest BCUT2D eigenvalue weighted by Crippen LogP contribution is 2.46. The van der Waals surface area contributed by atoms with Crippen LogP contribution < -0.4 is 5.32 Å². The third kappa shape index (κ3) is 4.34. The molecule has 0 bridgehead atoms. The number of hydrogen-bond acceptors (Lipinski definition) is 4. The maximum Gasteiger partial charge on any atom is 0.336 e. The lowest BCUT2D eigenvalue weighted by molar-refractivity contribution is -0.139. The summed E-state index contributed by atoms with van der Waals surface area (Å²) in [6, 6.07) is 8.07. The van der Waals surface area contributed by atoms with E-state index in [4.69, 9.17) is 4.74 Å². The zero-order valence-electron chi connectivity index (χ0n) is 17.0. The van der Waals surface area contributed by atoms with E-state index in [1.54, 1.807) is 0 Å². The number of ketones is 1. The fourth-order valence-electron chi connectivity index (χ4n) is 4.08. The number of hydrogen-bond donors (Lipinski definition) is 1. The number of rotatable bonds is 5. The second kappa shape index (κ2) is 8.39. The van der Waals surface area contributed by atoms with Crippen LogP contribution in [0.25, 0.3) is 0 Å². The number of carbonyl (C=O) groups is 2. The molecule has 0 fully saturated rings. The Bertz CT molecular complexity index is 849. The Balaban J connectivity index is 2.07. The quantitative estimate of drug-likeness (QED) is 0.347. The molecular weight excluding hydrogens is 465 g/mol. The van der Waals surface area contributed by atoms with Crippen molar-refractivity contribution in [2.24, 2.45) is 5.41 Å². The van der Waals surface area contributed by atoms with Crippen molar-refractivity contribution in [3.63, 3.8) is 0 Å². The van der Waals surface area contributed by atoms with E-state index in [2.05, 4.69) is 48.7 Å². The van der Waals surface area contributed by atoms with Gasteiger partial charge in [0.2, 0.25) is 0 Å². The molecule has 1 atom stereocenters. The number of ether oxygens (including phenoxy) is 1. The van der Waals surface area contributed by atoms with Crippen molar-refractivity contribution in [2.75, 3.05) is 6.61 Å². The average molecular weight is 493 g/mol. The molecule has 1 aromatic rings. The van der Waals surface area contributed by atoms with Crippen LogP contribution in [0.1, 0.15) is 64.9 Å². The van der Waals surface area contributed by atoms with Gasteiger partial charge in [-0.15, -0.1) is 0 Å². The van der Waals surface area contributed by atoms with Gasteiger partial charge in [0.15, 0.2) is 5.78 Å². The van der Waals surface area contributed by atoms with Crippen LogP contribution in [0.2, 0.25) is 0 Å². The monoisotopic (exact) mass is 493 g/mol. The third-order valence-electron chi connectivity index (χ3n) is 5.39. The summed E-state index contributed by atoms with van der Waals surface area (Å²) in [7, 11) is 0. The number of esters is 1. The van der Waals surface area contributed by atoms with E-state index < -0.39 is 0 Å². The smallest absolute Gasteiger partial charge is 0.336 e. The maximum atomic E-state index is 13.2. The van der Waals surface area contributed by atoms with Gasteiger partial charge in [-0.1, -0.05) is 39.3 Å². The molecule has 0 spiro atoms. The van der Waals surface area contributed by atoms with Crippen molar-refractivity contribution in [1.29, 1.82) is 0 Å². The number of allylic oxidation sites excluding steroid dienone is 3. The highest BCUT2D eigenvalue weighted by Gasteiger charge is 2.43. The largest absolute Gasteiger partial charge is 0.462 e. The summed E-state index contributed by atoms with van der Waals surface area (Å²) in [4.78, 5) is 26.1. The molecule has 1 aliphatic heterocycles. The summed E-state index contributed by atoms with van der Waals surface area (Å²) < 4.78 is 6.67. The lowest BCUT2D eigenvalue weighted by Crippen LogP contribution is -2.38. The van der Waals surface area contributed by atoms with Crippen LogP contribution in [0, 0.1) is 8.99 Å². The van der Waals surface area contributed by atoms with Crippen LogP contribution in [0.3, 0.4) is 0 Å². The molecule has 3 rings (SSSR count). The highest BCUT2D eigenvalue weighted by molar-refractivity contribution is 14.1. The van der Waals surface area contributed by atoms with Gasteiger partial charge >= 0.3 is 5.97 Å². The summed E-state index contributed by atoms with van der Waals surface area (Å²) in [6.07, 6.45) is 3.09. The minimum atomic E-state index is -0.369. The van der Waals surface area contributed by atoms with Crippen LogP contribution in [-0.2, 0) is 14.3 Å². The van der Waals surface area contributed by atoms with Gasteiger partial charge in [-0.3, -0.25) is 4.79 Å². The molecule has 0 saturated heterocycles. The SMILES string of the molecule is CCCCOC(=O)C1=C(C)NC2=C(C(=O)CC(C)(C)C2)[C@H]1c1ccc(I)cc1. The summed E-state index contributed by atoms with van der Waals surface area (Å²) in [5.74, 6) is -0.578. The first kappa shape index (κ1) is 21.1. The first-order chi connectivity index (χ1) is 13.2. The van der Waals surface area contributed by atoms with E-state index in [0.717, 1.165) is 45.4 Å². The molecule has 1 aromatic carbocycles. The number of Topliss-reactive ketones (excluding diaryl/α,β-unsaturated/α-hetero) is 1. The second-order valence-electron chi connectivity index (χ2n) is 8.47. The lowest BCUT2D eigenvalue weighted by Gasteiger charge is -2.39. The molecule has 150 valence electrons. The van der Waals surface area contributed by atoms with E-state index in [1.165, 1.54) is 0 Å². The first-order valence-corrected chi connectivity index (χ1v) is 11.0.